The molecule has 102 valence electrons. The number of alkyl carbamates (subject to hydrolysis) is 1. The number of carbonyl (C=O) groups is 2. The van der Waals surface area contributed by atoms with E-state index in [4.69, 9.17) is 4.74 Å². The van der Waals surface area contributed by atoms with Crippen molar-refractivity contribution < 1.29 is 14.3 Å². The zero-order valence-electron chi connectivity index (χ0n) is 11.4. The molecule has 1 N–H and O–H groups in total. The van der Waals surface area contributed by atoms with Gasteiger partial charge in [0.1, 0.15) is 5.60 Å². The summed E-state index contributed by atoms with van der Waals surface area (Å²) in [5.41, 5.74) is -0.477. The SMILES string of the molecule is CC(C)(C)OC(=O)NC1CN(C(=O)CC2CC2)C1. The van der Waals surface area contributed by atoms with Gasteiger partial charge in [-0.05, 0) is 39.5 Å². The Kier molecular flexibility index (Phi) is 3.50. The van der Waals surface area contributed by atoms with Crippen molar-refractivity contribution in [2.45, 2.75) is 51.7 Å². The van der Waals surface area contributed by atoms with Crippen molar-refractivity contribution in [3.8, 4) is 0 Å². The second-order valence-electron chi connectivity index (χ2n) is 6.29. The summed E-state index contributed by atoms with van der Waals surface area (Å²) in [6.45, 7) is 6.73. The number of amides is 2. The van der Waals surface area contributed by atoms with E-state index in [1.54, 1.807) is 4.90 Å². The first-order valence-electron chi connectivity index (χ1n) is 6.61. The van der Waals surface area contributed by atoms with Gasteiger partial charge in [0.05, 0.1) is 6.04 Å². The highest BCUT2D eigenvalue weighted by Crippen LogP contribution is 2.33. The summed E-state index contributed by atoms with van der Waals surface area (Å²) in [4.78, 5) is 25.0. The Balaban J connectivity index is 1.63. The van der Waals surface area contributed by atoms with Gasteiger partial charge in [-0.15, -0.1) is 0 Å². The average Bonchev–Trinajstić information content (AvgIpc) is 2.90. The zero-order valence-corrected chi connectivity index (χ0v) is 11.4. The number of carbonyl (C=O) groups excluding carboxylic acids is 2. The van der Waals surface area contributed by atoms with Crippen LogP contribution in [0, 0.1) is 5.92 Å². The van der Waals surface area contributed by atoms with Crippen LogP contribution in [0.2, 0.25) is 0 Å². The Hall–Kier alpha value is -1.26. The van der Waals surface area contributed by atoms with Crippen LogP contribution in [-0.2, 0) is 9.53 Å². The number of hydrogen-bond acceptors (Lipinski definition) is 3. The van der Waals surface area contributed by atoms with E-state index in [9.17, 15) is 9.59 Å². The molecule has 0 aromatic carbocycles. The Bertz CT molecular complexity index is 339. The lowest BCUT2D eigenvalue weighted by Crippen LogP contribution is -2.61. The minimum Gasteiger partial charge on any atom is -0.444 e. The minimum atomic E-state index is -0.477. The maximum atomic E-state index is 11.7. The van der Waals surface area contributed by atoms with Gasteiger partial charge in [-0.2, -0.15) is 0 Å². The number of likely N-dealkylation sites (tertiary alicyclic amines) is 1. The lowest BCUT2D eigenvalue weighted by molar-refractivity contribution is -0.136. The fourth-order valence-electron chi connectivity index (χ4n) is 1.95. The number of nitrogens with one attached hydrogen (secondary N) is 1. The smallest absolute Gasteiger partial charge is 0.407 e. The molecule has 2 aliphatic rings. The predicted octanol–water partition coefficient (Wildman–Crippen LogP) is 1.52. The Morgan fingerprint density at radius 1 is 1.28 bits per heavy atom. The van der Waals surface area contributed by atoms with Gasteiger partial charge >= 0.3 is 6.09 Å². The summed E-state index contributed by atoms with van der Waals surface area (Å²) in [5.74, 6) is 0.843. The van der Waals surface area contributed by atoms with Crippen LogP contribution < -0.4 is 5.32 Å². The molecular formula is C13H22N2O3. The molecule has 0 bridgehead atoms. The minimum absolute atomic E-state index is 0.0444. The van der Waals surface area contributed by atoms with Gasteiger partial charge in [0.15, 0.2) is 0 Å². The fraction of sp³-hybridized carbons (Fsp3) is 0.846. The van der Waals surface area contributed by atoms with Crippen molar-refractivity contribution in [2.75, 3.05) is 13.1 Å². The van der Waals surface area contributed by atoms with Crippen LogP contribution in [-0.4, -0.2) is 41.6 Å². The van der Waals surface area contributed by atoms with Gasteiger partial charge in [0.2, 0.25) is 5.91 Å². The summed E-state index contributed by atoms with van der Waals surface area (Å²) >= 11 is 0. The summed E-state index contributed by atoms with van der Waals surface area (Å²) in [6.07, 6.45) is 2.67. The molecule has 0 atom stereocenters. The molecule has 0 unspecified atom stereocenters. The highest BCUT2D eigenvalue weighted by atomic mass is 16.6. The highest BCUT2D eigenvalue weighted by molar-refractivity contribution is 5.78. The summed E-state index contributed by atoms with van der Waals surface area (Å²) in [6, 6.07) is 0.0444. The van der Waals surface area contributed by atoms with E-state index in [1.165, 1.54) is 12.8 Å². The Morgan fingerprint density at radius 2 is 1.89 bits per heavy atom. The molecule has 5 nitrogen and oxygen atoms in total. The number of hydrogen-bond donors (Lipinski definition) is 1. The molecule has 2 fully saturated rings. The van der Waals surface area contributed by atoms with E-state index in [2.05, 4.69) is 5.32 Å². The van der Waals surface area contributed by atoms with Gasteiger partial charge < -0.3 is 15.0 Å². The maximum absolute atomic E-state index is 11.7. The summed E-state index contributed by atoms with van der Waals surface area (Å²) in [7, 11) is 0. The normalized spacial score (nSPS) is 20.3. The number of rotatable bonds is 3. The molecule has 1 saturated carbocycles. The van der Waals surface area contributed by atoms with Crippen LogP contribution in [0.4, 0.5) is 4.79 Å². The average molecular weight is 254 g/mol. The van der Waals surface area contributed by atoms with Gasteiger partial charge in [0, 0.05) is 19.5 Å². The van der Waals surface area contributed by atoms with Crippen LogP contribution in [0.3, 0.4) is 0 Å². The van der Waals surface area contributed by atoms with Crippen LogP contribution in [0.1, 0.15) is 40.0 Å². The first-order valence-corrected chi connectivity index (χ1v) is 6.61. The van der Waals surface area contributed by atoms with Crippen molar-refractivity contribution in [3.63, 3.8) is 0 Å². The monoisotopic (exact) mass is 254 g/mol. The van der Waals surface area contributed by atoms with Gasteiger partial charge in [-0.3, -0.25) is 4.79 Å². The van der Waals surface area contributed by atoms with E-state index in [0.717, 1.165) is 0 Å². The third-order valence-corrected chi connectivity index (χ3v) is 3.12. The van der Waals surface area contributed by atoms with E-state index < -0.39 is 11.7 Å². The van der Waals surface area contributed by atoms with Crippen molar-refractivity contribution >= 4 is 12.0 Å². The highest BCUT2D eigenvalue weighted by Gasteiger charge is 2.35. The molecule has 0 radical (unpaired) electrons. The second-order valence-corrected chi connectivity index (χ2v) is 6.29. The molecule has 2 amide bonds. The van der Waals surface area contributed by atoms with Crippen LogP contribution in [0.5, 0.6) is 0 Å². The standard InChI is InChI=1S/C13H22N2O3/c1-13(2,3)18-12(17)14-10-7-15(8-10)11(16)6-9-4-5-9/h9-10H,4-8H2,1-3H3,(H,14,17). The molecule has 1 heterocycles. The van der Waals surface area contributed by atoms with Crippen molar-refractivity contribution in [1.29, 1.82) is 0 Å². The van der Waals surface area contributed by atoms with Crippen molar-refractivity contribution in [3.05, 3.63) is 0 Å². The van der Waals surface area contributed by atoms with Gasteiger partial charge in [-0.1, -0.05) is 0 Å². The van der Waals surface area contributed by atoms with Gasteiger partial charge in [-0.25, -0.2) is 4.79 Å². The lowest BCUT2D eigenvalue weighted by atomic mass is 10.1. The lowest BCUT2D eigenvalue weighted by Gasteiger charge is -2.39. The summed E-state index contributed by atoms with van der Waals surface area (Å²) < 4.78 is 5.16. The fourth-order valence-corrected chi connectivity index (χ4v) is 1.95. The van der Waals surface area contributed by atoms with Crippen LogP contribution in [0.15, 0.2) is 0 Å². The Labute approximate surface area is 108 Å². The first kappa shape index (κ1) is 13.2. The number of ether oxygens (including phenoxy) is 1. The van der Waals surface area contributed by atoms with Crippen molar-refractivity contribution in [1.82, 2.24) is 10.2 Å². The van der Waals surface area contributed by atoms with Gasteiger partial charge in [0.25, 0.3) is 0 Å². The quantitative estimate of drug-likeness (QED) is 0.830. The first-order chi connectivity index (χ1) is 8.33. The molecule has 18 heavy (non-hydrogen) atoms. The van der Waals surface area contributed by atoms with E-state index in [1.807, 2.05) is 20.8 Å². The zero-order chi connectivity index (χ0) is 13.3. The second kappa shape index (κ2) is 4.78. The molecule has 1 saturated heterocycles. The molecule has 0 spiro atoms. The number of nitrogens with zero attached hydrogens (tertiary/aromatic N) is 1. The third kappa shape index (κ3) is 3.89. The van der Waals surface area contributed by atoms with Crippen LogP contribution in [0.25, 0.3) is 0 Å². The molecule has 5 heteroatoms. The van der Waals surface area contributed by atoms with Crippen LogP contribution >= 0.6 is 0 Å². The van der Waals surface area contributed by atoms with E-state index >= 15 is 0 Å². The maximum Gasteiger partial charge on any atom is 0.407 e. The van der Waals surface area contributed by atoms with E-state index in [-0.39, 0.29) is 11.9 Å². The molecule has 0 aromatic heterocycles. The van der Waals surface area contributed by atoms with E-state index in [0.29, 0.717) is 25.4 Å². The predicted molar refractivity (Wildman–Crippen MR) is 67.1 cm³/mol. The molecule has 1 aliphatic carbocycles. The van der Waals surface area contributed by atoms with Crippen molar-refractivity contribution in [2.24, 2.45) is 5.92 Å². The Morgan fingerprint density at radius 3 is 2.39 bits per heavy atom. The topological polar surface area (TPSA) is 58.6 Å². The largest absolute Gasteiger partial charge is 0.444 e. The molecule has 2 rings (SSSR count). The molecule has 1 aliphatic heterocycles. The molecular weight excluding hydrogens is 232 g/mol. The third-order valence-electron chi connectivity index (χ3n) is 3.12. The molecule has 0 aromatic rings. The summed E-state index contributed by atoms with van der Waals surface area (Å²) in [5, 5.41) is 2.77.